The fourth-order valence-corrected chi connectivity index (χ4v) is 5.02. The summed E-state index contributed by atoms with van der Waals surface area (Å²) in [5, 5.41) is 9.56. The van der Waals surface area contributed by atoms with Crippen molar-refractivity contribution >= 4 is 5.97 Å². The predicted octanol–water partition coefficient (Wildman–Crippen LogP) is 11.9. The maximum absolute atomic E-state index is 12.1. The molecule has 4 nitrogen and oxygen atoms in total. The van der Waals surface area contributed by atoms with Gasteiger partial charge in [0.2, 0.25) is 0 Å². The summed E-state index contributed by atoms with van der Waals surface area (Å²) in [6.07, 6.45) is 47.2. The molecule has 0 aliphatic rings. The molecule has 0 aliphatic heterocycles. The molecule has 1 N–H and O–H groups in total. The average Bonchev–Trinajstić information content (AvgIpc) is 3.03. The Bertz CT molecular complexity index is 693. The van der Waals surface area contributed by atoms with Crippen LogP contribution in [-0.2, 0) is 14.3 Å². The van der Waals surface area contributed by atoms with Gasteiger partial charge in [-0.3, -0.25) is 4.79 Å². The van der Waals surface area contributed by atoms with Crippen molar-refractivity contribution in [3.05, 3.63) is 48.6 Å². The van der Waals surface area contributed by atoms with Crippen molar-refractivity contribution in [1.29, 1.82) is 0 Å². The maximum atomic E-state index is 12.1. The van der Waals surface area contributed by atoms with Crippen molar-refractivity contribution in [2.24, 2.45) is 0 Å². The van der Waals surface area contributed by atoms with E-state index in [1.807, 2.05) is 0 Å². The third-order valence-electron chi connectivity index (χ3n) is 7.88. The van der Waals surface area contributed by atoms with Crippen molar-refractivity contribution in [2.45, 2.75) is 180 Å². The molecule has 0 aliphatic carbocycles. The van der Waals surface area contributed by atoms with Crippen LogP contribution < -0.4 is 0 Å². The Hall–Kier alpha value is -1.65. The number of carbonyl (C=O) groups excluding carboxylic acids is 1. The van der Waals surface area contributed by atoms with Gasteiger partial charge in [0.1, 0.15) is 6.10 Å². The minimum absolute atomic E-state index is 0.180. The summed E-state index contributed by atoms with van der Waals surface area (Å²) >= 11 is 0. The van der Waals surface area contributed by atoms with Crippen LogP contribution >= 0.6 is 0 Å². The topological polar surface area (TPSA) is 55.8 Å². The Kier molecular flexibility index (Phi) is 36.1. The van der Waals surface area contributed by atoms with Gasteiger partial charge in [0, 0.05) is 13.0 Å². The van der Waals surface area contributed by atoms with E-state index in [-0.39, 0.29) is 19.2 Å². The molecule has 4 heteroatoms. The minimum atomic E-state index is -0.543. The summed E-state index contributed by atoms with van der Waals surface area (Å²) in [5.41, 5.74) is 0. The molecule has 0 aromatic rings. The van der Waals surface area contributed by atoms with Gasteiger partial charge in [0.05, 0.1) is 13.2 Å². The highest BCUT2D eigenvalue weighted by atomic mass is 16.6. The minimum Gasteiger partial charge on any atom is -0.457 e. The van der Waals surface area contributed by atoms with Crippen LogP contribution in [0.5, 0.6) is 0 Å². The Balaban J connectivity index is 3.49. The Morgan fingerprint density at radius 2 is 0.977 bits per heavy atom. The molecule has 1 unspecified atom stereocenters. The standard InChI is InChI=1S/C40H72O4/c1-3-5-7-9-11-13-15-17-19-20-21-23-25-27-29-31-33-35-40(42)44-39(37-41)38-43-36-34-32-30-28-26-24-22-18-16-14-12-10-8-6-4-2/h10-13,16-19,39,41H,3-9,14-15,20-38H2,1-2H3/b12-10-,13-11-,18-16-,19-17-. The molecule has 0 saturated heterocycles. The summed E-state index contributed by atoms with van der Waals surface area (Å²) < 4.78 is 11.1. The molecule has 44 heavy (non-hydrogen) atoms. The van der Waals surface area contributed by atoms with Crippen LogP contribution in [0.1, 0.15) is 174 Å². The first-order valence-corrected chi connectivity index (χ1v) is 18.7. The fraction of sp³-hybridized carbons (Fsp3) is 0.775. The van der Waals surface area contributed by atoms with E-state index in [0.717, 1.165) is 38.5 Å². The van der Waals surface area contributed by atoms with Crippen LogP contribution in [0, 0.1) is 0 Å². The van der Waals surface area contributed by atoms with E-state index in [9.17, 15) is 9.90 Å². The molecule has 0 rings (SSSR count). The Labute approximate surface area is 273 Å². The molecule has 0 aromatic heterocycles. The summed E-state index contributed by atoms with van der Waals surface area (Å²) in [5.74, 6) is -0.214. The number of hydrogen-bond acceptors (Lipinski definition) is 4. The molecule has 0 fully saturated rings. The van der Waals surface area contributed by atoms with Gasteiger partial charge in [0.15, 0.2) is 0 Å². The van der Waals surface area contributed by atoms with E-state index in [1.54, 1.807) is 0 Å². The molecular weight excluding hydrogens is 544 g/mol. The number of hydrogen-bond donors (Lipinski definition) is 1. The number of rotatable bonds is 34. The third-order valence-corrected chi connectivity index (χ3v) is 7.88. The van der Waals surface area contributed by atoms with Crippen LogP contribution in [0.4, 0.5) is 0 Å². The second kappa shape index (κ2) is 37.5. The van der Waals surface area contributed by atoms with E-state index < -0.39 is 6.10 Å². The number of unbranched alkanes of at least 4 members (excludes halogenated alkanes) is 18. The lowest BCUT2D eigenvalue weighted by Crippen LogP contribution is -2.27. The summed E-state index contributed by atoms with van der Waals surface area (Å²) in [6.45, 7) is 5.25. The van der Waals surface area contributed by atoms with Gasteiger partial charge in [0.25, 0.3) is 0 Å². The average molecular weight is 617 g/mol. The van der Waals surface area contributed by atoms with Gasteiger partial charge in [-0.1, -0.05) is 146 Å². The van der Waals surface area contributed by atoms with Gasteiger partial charge in [-0.25, -0.2) is 0 Å². The monoisotopic (exact) mass is 617 g/mol. The van der Waals surface area contributed by atoms with Gasteiger partial charge in [-0.05, 0) is 70.6 Å². The zero-order valence-corrected chi connectivity index (χ0v) is 29.2. The van der Waals surface area contributed by atoms with Crippen molar-refractivity contribution < 1.29 is 19.4 Å². The first kappa shape index (κ1) is 42.3. The smallest absolute Gasteiger partial charge is 0.306 e. The molecular formula is C40H72O4. The summed E-state index contributed by atoms with van der Waals surface area (Å²) in [4.78, 5) is 12.1. The zero-order chi connectivity index (χ0) is 32.0. The number of ether oxygens (including phenoxy) is 2. The second-order valence-electron chi connectivity index (χ2n) is 12.3. The second-order valence-corrected chi connectivity index (χ2v) is 12.3. The lowest BCUT2D eigenvalue weighted by Gasteiger charge is -2.15. The quantitative estimate of drug-likeness (QED) is 0.0444. The number of allylic oxidation sites excluding steroid dienone is 8. The van der Waals surface area contributed by atoms with Gasteiger partial charge < -0.3 is 14.6 Å². The Morgan fingerprint density at radius 3 is 1.48 bits per heavy atom. The van der Waals surface area contributed by atoms with Crippen molar-refractivity contribution in [1.82, 2.24) is 0 Å². The van der Waals surface area contributed by atoms with Crippen molar-refractivity contribution in [3.8, 4) is 0 Å². The molecule has 0 amide bonds. The SMILES string of the molecule is CCCC/C=C\C/C=C\CCCCCCCCOCC(CO)OC(=O)CCCCCCCCC/C=C\C/C=C\CCCCC. The van der Waals surface area contributed by atoms with Crippen LogP contribution in [0.25, 0.3) is 0 Å². The highest BCUT2D eigenvalue weighted by Gasteiger charge is 2.13. The van der Waals surface area contributed by atoms with Crippen LogP contribution in [0.3, 0.4) is 0 Å². The third kappa shape index (κ3) is 34.8. The largest absolute Gasteiger partial charge is 0.457 e. The molecule has 0 aromatic carbocycles. The number of aliphatic hydroxyl groups is 1. The zero-order valence-electron chi connectivity index (χ0n) is 29.2. The van der Waals surface area contributed by atoms with Gasteiger partial charge >= 0.3 is 5.97 Å². The van der Waals surface area contributed by atoms with E-state index in [2.05, 4.69) is 62.5 Å². The summed E-state index contributed by atoms with van der Waals surface area (Å²) in [6, 6.07) is 0. The summed E-state index contributed by atoms with van der Waals surface area (Å²) in [7, 11) is 0. The van der Waals surface area contributed by atoms with E-state index in [1.165, 1.54) is 116 Å². The van der Waals surface area contributed by atoms with E-state index in [0.29, 0.717) is 13.0 Å². The first-order chi connectivity index (χ1) is 21.7. The van der Waals surface area contributed by atoms with E-state index in [4.69, 9.17) is 9.47 Å². The molecule has 1 atom stereocenters. The highest BCUT2D eigenvalue weighted by Crippen LogP contribution is 2.12. The Morgan fingerprint density at radius 1 is 0.545 bits per heavy atom. The van der Waals surface area contributed by atoms with Crippen LogP contribution in [-0.4, -0.2) is 37.0 Å². The highest BCUT2D eigenvalue weighted by molar-refractivity contribution is 5.69. The van der Waals surface area contributed by atoms with Crippen LogP contribution in [0.2, 0.25) is 0 Å². The first-order valence-electron chi connectivity index (χ1n) is 18.7. The molecule has 0 bridgehead atoms. The molecule has 0 saturated carbocycles. The van der Waals surface area contributed by atoms with E-state index >= 15 is 0 Å². The number of aliphatic hydroxyl groups excluding tert-OH is 1. The number of carbonyl (C=O) groups is 1. The molecule has 256 valence electrons. The van der Waals surface area contributed by atoms with Gasteiger partial charge in [-0.15, -0.1) is 0 Å². The van der Waals surface area contributed by atoms with Gasteiger partial charge in [-0.2, -0.15) is 0 Å². The predicted molar refractivity (Wildman–Crippen MR) is 191 cm³/mol. The maximum Gasteiger partial charge on any atom is 0.306 e. The normalized spacial score (nSPS) is 12.9. The van der Waals surface area contributed by atoms with Crippen molar-refractivity contribution in [3.63, 3.8) is 0 Å². The molecule has 0 radical (unpaired) electrons. The molecule has 0 spiro atoms. The lowest BCUT2D eigenvalue weighted by molar-refractivity contribution is -0.154. The van der Waals surface area contributed by atoms with Crippen molar-refractivity contribution in [2.75, 3.05) is 19.8 Å². The van der Waals surface area contributed by atoms with Crippen LogP contribution in [0.15, 0.2) is 48.6 Å². The molecule has 0 heterocycles. The lowest BCUT2D eigenvalue weighted by atomic mass is 10.1. The number of esters is 1. The fourth-order valence-electron chi connectivity index (χ4n) is 5.02.